The summed E-state index contributed by atoms with van der Waals surface area (Å²) in [5.41, 5.74) is 5.31. The average Bonchev–Trinajstić information content (AvgIpc) is 1.31. The molecule has 0 aromatic rings. The number of nitrogens with two attached hydrogens (primary N) is 1. The van der Waals surface area contributed by atoms with Gasteiger partial charge < -0.3 is 10.3 Å². The summed E-state index contributed by atoms with van der Waals surface area (Å²) in [6, 6.07) is 0. The molecule has 2 N–H and O–H groups in total. The van der Waals surface area contributed by atoms with Crippen molar-refractivity contribution >= 4 is 19.5 Å². The molecule has 1 atom stereocenters. The zero-order valence-electron chi connectivity index (χ0n) is 5.42. The molecule has 4 heteroatoms. The minimum absolute atomic E-state index is 0. The first-order valence-corrected chi connectivity index (χ1v) is 4.92. The van der Waals surface area contributed by atoms with E-state index in [1.165, 1.54) is 0 Å². The lowest BCUT2D eigenvalue weighted by atomic mass is 10.8. The first-order chi connectivity index (χ1) is 2.94. The van der Waals surface area contributed by atoms with Crippen LogP contribution < -0.4 is 5.73 Å². The standard InChI is InChI=1S/C4H12NOP.ClH/c1-4(5)7(2,3)6;/h4H,5H2,1-3H3;1H/t4-;/m0./s1. The molecule has 2 nitrogen and oxygen atoms in total. The largest absolute Gasteiger partial charge is 0.323 e. The predicted octanol–water partition coefficient (Wildman–Crippen LogP) is 1.34. The summed E-state index contributed by atoms with van der Waals surface area (Å²) in [5, 5.41) is 0. The summed E-state index contributed by atoms with van der Waals surface area (Å²) in [5.74, 6) is -0.146. The Morgan fingerprint density at radius 3 is 1.62 bits per heavy atom. The highest BCUT2D eigenvalue weighted by atomic mass is 35.5. The molecule has 0 rings (SSSR count). The minimum atomic E-state index is -1.96. The van der Waals surface area contributed by atoms with E-state index in [0.29, 0.717) is 0 Å². The lowest BCUT2D eigenvalue weighted by molar-refractivity contribution is 0.575. The molecule has 0 aliphatic carbocycles. The van der Waals surface area contributed by atoms with Crippen LogP contribution in [0.1, 0.15) is 6.92 Å². The van der Waals surface area contributed by atoms with Crippen LogP contribution in [0.2, 0.25) is 0 Å². The fraction of sp³-hybridized carbons (Fsp3) is 1.00. The first-order valence-electron chi connectivity index (χ1n) is 2.25. The van der Waals surface area contributed by atoms with Crippen LogP contribution in [-0.4, -0.2) is 19.1 Å². The maximum absolute atomic E-state index is 10.8. The summed E-state index contributed by atoms with van der Waals surface area (Å²) in [4.78, 5) is 0. The van der Waals surface area contributed by atoms with Crippen LogP contribution in [-0.2, 0) is 4.57 Å². The molecular weight excluding hydrogens is 144 g/mol. The maximum Gasteiger partial charge on any atom is 0.0974 e. The molecule has 52 valence electrons. The van der Waals surface area contributed by atoms with Crippen molar-refractivity contribution < 1.29 is 4.57 Å². The summed E-state index contributed by atoms with van der Waals surface area (Å²) >= 11 is 0. The fourth-order valence-electron chi connectivity index (χ4n) is 0. The molecule has 0 aromatic heterocycles. The van der Waals surface area contributed by atoms with Crippen molar-refractivity contribution in [3.05, 3.63) is 0 Å². The van der Waals surface area contributed by atoms with Gasteiger partial charge in [0.25, 0.3) is 0 Å². The van der Waals surface area contributed by atoms with Crippen molar-refractivity contribution in [3.8, 4) is 0 Å². The topological polar surface area (TPSA) is 43.1 Å². The second-order valence-electron chi connectivity index (χ2n) is 2.17. The van der Waals surface area contributed by atoms with Gasteiger partial charge in [0, 0.05) is 0 Å². The van der Waals surface area contributed by atoms with Gasteiger partial charge in [-0.15, -0.1) is 12.4 Å². The van der Waals surface area contributed by atoms with E-state index in [1.54, 1.807) is 20.3 Å². The van der Waals surface area contributed by atoms with E-state index in [-0.39, 0.29) is 18.2 Å². The van der Waals surface area contributed by atoms with Crippen LogP contribution in [0.3, 0.4) is 0 Å². The Labute approximate surface area is 56.6 Å². The Morgan fingerprint density at radius 2 is 1.62 bits per heavy atom. The molecule has 0 heterocycles. The smallest absolute Gasteiger partial charge is 0.0974 e. The monoisotopic (exact) mass is 157 g/mol. The van der Waals surface area contributed by atoms with Crippen LogP contribution >= 0.6 is 19.5 Å². The summed E-state index contributed by atoms with van der Waals surface area (Å²) in [6.07, 6.45) is 0. The van der Waals surface area contributed by atoms with Gasteiger partial charge in [0.1, 0.15) is 0 Å². The van der Waals surface area contributed by atoms with Crippen molar-refractivity contribution in [1.82, 2.24) is 0 Å². The lowest BCUT2D eigenvalue weighted by Gasteiger charge is -2.08. The van der Waals surface area contributed by atoms with Gasteiger partial charge in [-0.25, -0.2) is 0 Å². The molecule has 0 aliphatic rings. The zero-order chi connectivity index (χ0) is 6.08. The van der Waals surface area contributed by atoms with Crippen molar-refractivity contribution in [2.75, 3.05) is 13.3 Å². The Balaban J connectivity index is 0. The van der Waals surface area contributed by atoms with Gasteiger partial charge in [0.05, 0.1) is 12.9 Å². The molecule has 0 radical (unpaired) electrons. The average molecular weight is 158 g/mol. The normalized spacial score (nSPS) is 14.5. The van der Waals surface area contributed by atoms with Crippen LogP contribution in [0, 0.1) is 0 Å². The molecular formula is C4H13ClNOP. The second kappa shape index (κ2) is 3.49. The Kier molecular flexibility index (Phi) is 4.94. The molecule has 0 unspecified atom stereocenters. The van der Waals surface area contributed by atoms with Crippen molar-refractivity contribution in [2.24, 2.45) is 5.73 Å². The van der Waals surface area contributed by atoms with Crippen LogP contribution in [0.25, 0.3) is 0 Å². The molecule has 0 amide bonds. The Bertz CT molecular complexity index is 98.2. The van der Waals surface area contributed by atoms with Gasteiger partial charge in [-0.05, 0) is 20.3 Å². The highest BCUT2D eigenvalue weighted by Crippen LogP contribution is 2.38. The number of rotatable bonds is 1. The van der Waals surface area contributed by atoms with Crippen molar-refractivity contribution in [1.29, 1.82) is 0 Å². The summed E-state index contributed by atoms with van der Waals surface area (Å²) < 4.78 is 10.8. The van der Waals surface area contributed by atoms with Crippen LogP contribution in [0.4, 0.5) is 0 Å². The summed E-state index contributed by atoms with van der Waals surface area (Å²) in [6.45, 7) is 5.15. The van der Waals surface area contributed by atoms with Gasteiger partial charge in [-0.1, -0.05) is 0 Å². The third-order valence-corrected chi connectivity index (χ3v) is 2.94. The van der Waals surface area contributed by atoms with Crippen molar-refractivity contribution in [3.63, 3.8) is 0 Å². The van der Waals surface area contributed by atoms with E-state index in [1.807, 2.05) is 0 Å². The number of hydrogen-bond acceptors (Lipinski definition) is 2. The molecule has 0 bridgehead atoms. The van der Waals surface area contributed by atoms with Gasteiger partial charge in [0.15, 0.2) is 0 Å². The van der Waals surface area contributed by atoms with Crippen LogP contribution in [0.15, 0.2) is 0 Å². The third-order valence-electron chi connectivity index (χ3n) is 0.981. The van der Waals surface area contributed by atoms with E-state index in [9.17, 15) is 4.57 Å². The van der Waals surface area contributed by atoms with Gasteiger partial charge >= 0.3 is 0 Å². The molecule has 0 aliphatic heterocycles. The molecule has 8 heavy (non-hydrogen) atoms. The minimum Gasteiger partial charge on any atom is -0.323 e. The molecule has 0 fully saturated rings. The predicted molar refractivity (Wildman–Crippen MR) is 40.4 cm³/mol. The lowest BCUT2D eigenvalue weighted by Crippen LogP contribution is -2.13. The molecule has 0 aromatic carbocycles. The van der Waals surface area contributed by atoms with E-state index in [0.717, 1.165) is 0 Å². The Hall–Kier alpha value is 0.480. The van der Waals surface area contributed by atoms with E-state index < -0.39 is 7.14 Å². The van der Waals surface area contributed by atoms with E-state index in [4.69, 9.17) is 5.73 Å². The Morgan fingerprint density at radius 1 is 1.50 bits per heavy atom. The zero-order valence-corrected chi connectivity index (χ0v) is 7.13. The van der Waals surface area contributed by atoms with Crippen molar-refractivity contribution in [2.45, 2.75) is 12.7 Å². The molecule has 0 saturated heterocycles. The van der Waals surface area contributed by atoms with E-state index in [2.05, 4.69) is 0 Å². The second-order valence-corrected chi connectivity index (χ2v) is 5.86. The fourth-order valence-corrected chi connectivity index (χ4v) is 0. The highest BCUT2D eigenvalue weighted by molar-refractivity contribution is 7.62. The molecule has 0 spiro atoms. The molecule has 0 saturated carbocycles. The van der Waals surface area contributed by atoms with E-state index >= 15 is 0 Å². The quantitative estimate of drug-likeness (QED) is 0.584. The van der Waals surface area contributed by atoms with Gasteiger partial charge in [-0.2, -0.15) is 0 Å². The highest BCUT2D eigenvalue weighted by Gasteiger charge is 2.11. The van der Waals surface area contributed by atoms with Crippen LogP contribution in [0.5, 0.6) is 0 Å². The first kappa shape index (κ1) is 11.3. The SMILES string of the molecule is C[C@@H](N)P(C)(C)=O.Cl. The summed E-state index contributed by atoms with van der Waals surface area (Å²) in [7, 11) is -1.96. The van der Waals surface area contributed by atoms with Gasteiger partial charge in [-0.3, -0.25) is 0 Å². The third kappa shape index (κ3) is 4.63. The van der Waals surface area contributed by atoms with Gasteiger partial charge in [0.2, 0.25) is 0 Å². The number of hydrogen-bond donors (Lipinski definition) is 1. The maximum atomic E-state index is 10.8. The number of halogens is 1.